The molecule has 1 rings (SSSR count). The second-order valence-electron chi connectivity index (χ2n) is 6.27. The van der Waals surface area contributed by atoms with Crippen LogP contribution < -0.4 is 4.74 Å². The van der Waals surface area contributed by atoms with Gasteiger partial charge in [0.15, 0.2) is 11.5 Å². The smallest absolute Gasteiger partial charge is 0.330 e. The van der Waals surface area contributed by atoms with Crippen molar-refractivity contribution in [3.63, 3.8) is 0 Å². The summed E-state index contributed by atoms with van der Waals surface area (Å²) in [4.78, 5) is 51.7. The Labute approximate surface area is 188 Å². The highest BCUT2D eigenvalue weighted by Crippen LogP contribution is 2.32. The van der Waals surface area contributed by atoms with Crippen LogP contribution in [0.25, 0.3) is 5.70 Å². The van der Waals surface area contributed by atoms with Gasteiger partial charge in [-0.1, -0.05) is 0 Å². The van der Waals surface area contributed by atoms with Gasteiger partial charge < -0.3 is 24.5 Å². The largest absolute Gasteiger partial charge is 0.504 e. The van der Waals surface area contributed by atoms with Gasteiger partial charge >= 0.3 is 11.9 Å². The normalized spacial score (nSPS) is 11.9. The Balaban J connectivity index is 3.13. The number of unbranched alkanes of at least 4 members (excludes halogenated alkanes) is 1. The van der Waals surface area contributed by atoms with E-state index in [0.717, 1.165) is 17.9 Å². The first-order valence-corrected chi connectivity index (χ1v) is 9.92. The third kappa shape index (κ3) is 7.98. The molecular weight excluding hydrogens is 448 g/mol. The number of methoxy groups -OCH3 is 1. The summed E-state index contributed by atoms with van der Waals surface area (Å²) in [6.07, 6.45) is 1.27. The maximum absolute atomic E-state index is 12.6. The number of carbonyl (C=O) groups is 3. The van der Waals surface area contributed by atoms with Crippen LogP contribution in [-0.2, 0) is 24.0 Å². The fraction of sp³-hybridized carbons (Fsp3) is 0.421. The van der Waals surface area contributed by atoms with E-state index >= 15 is 0 Å². The number of phenolic OH excluding ortho intramolecular Hbond substituents is 1. The number of amides is 1. The molecule has 0 unspecified atom stereocenters. The van der Waals surface area contributed by atoms with Gasteiger partial charge in [-0.05, 0) is 31.0 Å². The van der Waals surface area contributed by atoms with Gasteiger partial charge in [-0.15, -0.1) is 10.1 Å². The predicted octanol–water partition coefficient (Wildman–Crippen LogP) is 1.50. The van der Waals surface area contributed by atoms with Crippen molar-refractivity contribution >= 4 is 36.2 Å². The zero-order valence-corrected chi connectivity index (χ0v) is 18.3. The predicted molar refractivity (Wildman–Crippen MR) is 114 cm³/mol. The Morgan fingerprint density at radius 1 is 1.28 bits per heavy atom. The maximum Gasteiger partial charge on any atom is 0.330 e. The van der Waals surface area contributed by atoms with Crippen LogP contribution in [0.1, 0.15) is 25.3 Å². The average molecular weight is 472 g/mol. The number of aromatic hydroxyl groups is 1. The highest BCUT2D eigenvalue weighted by molar-refractivity contribution is 7.80. The molecule has 176 valence electrons. The lowest BCUT2D eigenvalue weighted by molar-refractivity contribution is -0.757. The molecule has 0 heterocycles. The van der Waals surface area contributed by atoms with Crippen LogP contribution in [0.15, 0.2) is 24.3 Å². The number of esters is 1. The van der Waals surface area contributed by atoms with E-state index < -0.39 is 29.0 Å². The molecule has 0 bridgehead atoms. The number of carboxylic acid groups (broad SMARTS) is 1. The van der Waals surface area contributed by atoms with Gasteiger partial charge in [0.05, 0.1) is 26.0 Å². The highest BCUT2D eigenvalue weighted by Gasteiger charge is 2.32. The second-order valence-corrected chi connectivity index (χ2v) is 6.64. The summed E-state index contributed by atoms with van der Waals surface area (Å²) >= 11 is 4.11. The third-order valence-electron chi connectivity index (χ3n) is 4.07. The van der Waals surface area contributed by atoms with Gasteiger partial charge in [-0.2, -0.15) is 12.6 Å². The molecule has 2 N–H and O–H groups in total. The molecule has 12 nitrogen and oxygen atoms in total. The fourth-order valence-corrected chi connectivity index (χ4v) is 2.99. The SMILES string of the molecule is COc1cc(/C(=C\C(=O)O)N(C(C)=O)[C@H](CS)C(=O)OCCCCO[N+](=O)[O-])ccc1O. The van der Waals surface area contributed by atoms with Crippen molar-refractivity contribution in [1.29, 1.82) is 0 Å². The number of ether oxygens (including phenoxy) is 2. The van der Waals surface area contributed by atoms with Crippen molar-refractivity contribution in [2.75, 3.05) is 26.1 Å². The second kappa shape index (κ2) is 13.0. The van der Waals surface area contributed by atoms with Crippen LogP contribution in [0.3, 0.4) is 0 Å². The van der Waals surface area contributed by atoms with Crippen molar-refractivity contribution in [1.82, 2.24) is 4.90 Å². The first kappa shape index (κ1) is 26.6. The van der Waals surface area contributed by atoms with Crippen molar-refractivity contribution in [2.24, 2.45) is 0 Å². The van der Waals surface area contributed by atoms with Crippen LogP contribution in [-0.4, -0.2) is 70.2 Å². The maximum atomic E-state index is 12.6. The molecule has 1 amide bonds. The molecule has 1 aromatic carbocycles. The van der Waals surface area contributed by atoms with Crippen molar-refractivity contribution in [3.05, 3.63) is 40.0 Å². The zero-order valence-electron chi connectivity index (χ0n) is 17.4. The average Bonchev–Trinajstić information content (AvgIpc) is 2.72. The molecule has 0 saturated heterocycles. The molecule has 1 aromatic rings. The Hall–Kier alpha value is -3.48. The highest BCUT2D eigenvalue weighted by atomic mass is 32.1. The molecule has 0 saturated carbocycles. The van der Waals surface area contributed by atoms with E-state index in [-0.39, 0.29) is 54.6 Å². The van der Waals surface area contributed by atoms with E-state index in [2.05, 4.69) is 17.5 Å². The van der Waals surface area contributed by atoms with E-state index in [1.54, 1.807) is 0 Å². The summed E-state index contributed by atoms with van der Waals surface area (Å²) in [6, 6.07) is 2.66. The Kier molecular flexibility index (Phi) is 10.8. The van der Waals surface area contributed by atoms with E-state index in [9.17, 15) is 34.7 Å². The zero-order chi connectivity index (χ0) is 24.3. The topological polar surface area (TPSA) is 166 Å². The van der Waals surface area contributed by atoms with Crippen molar-refractivity contribution in [2.45, 2.75) is 25.8 Å². The molecule has 0 aliphatic rings. The first-order chi connectivity index (χ1) is 15.1. The number of nitrogens with zero attached hydrogens (tertiary/aromatic N) is 2. The van der Waals surface area contributed by atoms with Crippen LogP contribution in [0.2, 0.25) is 0 Å². The van der Waals surface area contributed by atoms with Crippen molar-refractivity contribution < 1.29 is 44.0 Å². The number of benzene rings is 1. The molecule has 13 heteroatoms. The first-order valence-electron chi connectivity index (χ1n) is 9.29. The van der Waals surface area contributed by atoms with Crippen LogP contribution >= 0.6 is 12.6 Å². The Bertz CT molecular complexity index is 874. The minimum atomic E-state index is -1.38. The lowest BCUT2D eigenvalue weighted by Crippen LogP contribution is -2.45. The standard InChI is InChI=1S/C19H24N2O10S/c1-12(22)20(15(11-32)19(26)30-7-3-4-8-31-21(27)28)14(10-18(24)25)13-5-6-16(23)17(9-13)29-2/h5-6,9-10,15,23,32H,3-4,7-8,11H2,1-2H3,(H,24,25)/b14-10+/t15-/m1/s1. The molecule has 1 atom stereocenters. The molecule has 0 aliphatic carbocycles. The number of thiol groups is 1. The van der Waals surface area contributed by atoms with Gasteiger partial charge in [0, 0.05) is 24.3 Å². The summed E-state index contributed by atoms with van der Waals surface area (Å²) in [5, 5.41) is 28.3. The van der Waals surface area contributed by atoms with Crippen molar-refractivity contribution in [3.8, 4) is 11.5 Å². The van der Waals surface area contributed by atoms with Gasteiger partial charge in [0.2, 0.25) is 5.91 Å². The van der Waals surface area contributed by atoms with Gasteiger partial charge in [-0.25, -0.2) is 9.59 Å². The van der Waals surface area contributed by atoms with E-state index in [0.29, 0.717) is 0 Å². The van der Waals surface area contributed by atoms with Gasteiger partial charge in [0.25, 0.3) is 5.09 Å². The van der Waals surface area contributed by atoms with Crippen LogP contribution in [0.5, 0.6) is 11.5 Å². The third-order valence-corrected chi connectivity index (χ3v) is 4.42. The molecule has 0 radical (unpaired) electrons. The lowest BCUT2D eigenvalue weighted by atomic mass is 10.1. The summed E-state index contributed by atoms with van der Waals surface area (Å²) in [6.45, 7) is 0.890. The summed E-state index contributed by atoms with van der Waals surface area (Å²) in [7, 11) is 1.30. The van der Waals surface area contributed by atoms with E-state index in [4.69, 9.17) is 9.47 Å². The molecule has 0 fully saturated rings. The Morgan fingerprint density at radius 3 is 2.47 bits per heavy atom. The number of hydrogen-bond acceptors (Lipinski definition) is 10. The fourth-order valence-electron chi connectivity index (χ4n) is 2.68. The lowest BCUT2D eigenvalue weighted by Gasteiger charge is -2.30. The quantitative estimate of drug-likeness (QED) is 0.0956. The number of rotatable bonds is 13. The summed E-state index contributed by atoms with van der Waals surface area (Å²) < 4.78 is 10.2. The van der Waals surface area contributed by atoms with E-state index in [1.807, 2.05) is 0 Å². The number of carbonyl (C=O) groups excluding carboxylic acids is 2. The molecule has 0 spiro atoms. The van der Waals surface area contributed by atoms with Crippen LogP contribution in [0, 0.1) is 10.1 Å². The number of hydrogen-bond donors (Lipinski definition) is 3. The van der Waals surface area contributed by atoms with E-state index in [1.165, 1.54) is 25.3 Å². The molecule has 0 aliphatic heterocycles. The number of phenols is 1. The number of carboxylic acids is 1. The molecule has 32 heavy (non-hydrogen) atoms. The van der Waals surface area contributed by atoms with Crippen LogP contribution in [0.4, 0.5) is 0 Å². The minimum Gasteiger partial charge on any atom is -0.504 e. The molecular formula is C19H24N2O10S. The Morgan fingerprint density at radius 2 is 1.94 bits per heavy atom. The van der Waals surface area contributed by atoms with Gasteiger partial charge in [0.1, 0.15) is 6.04 Å². The number of aliphatic carboxylic acids is 1. The monoisotopic (exact) mass is 472 g/mol. The van der Waals surface area contributed by atoms with Gasteiger partial charge in [-0.3, -0.25) is 9.69 Å². The minimum absolute atomic E-state index is 0.0317. The molecule has 0 aromatic heterocycles. The summed E-state index contributed by atoms with van der Waals surface area (Å²) in [5.74, 6) is -3.23. The summed E-state index contributed by atoms with van der Waals surface area (Å²) in [5.41, 5.74) is 0.0486.